The summed E-state index contributed by atoms with van der Waals surface area (Å²) >= 11 is 0. The molecule has 1 aromatic carbocycles. The van der Waals surface area contributed by atoms with Gasteiger partial charge in [0.25, 0.3) is 0 Å². The molecule has 1 heterocycles. The van der Waals surface area contributed by atoms with Gasteiger partial charge in [-0.15, -0.1) is 0 Å². The van der Waals surface area contributed by atoms with E-state index in [-0.39, 0.29) is 23.5 Å². The van der Waals surface area contributed by atoms with E-state index in [1.807, 2.05) is 13.8 Å². The van der Waals surface area contributed by atoms with Crippen molar-refractivity contribution in [2.45, 2.75) is 19.9 Å². The van der Waals surface area contributed by atoms with Crippen molar-refractivity contribution < 1.29 is 9.72 Å². The lowest BCUT2D eigenvalue weighted by Gasteiger charge is -2.11. The monoisotopic (exact) mass is 301 g/mol. The van der Waals surface area contributed by atoms with Crippen molar-refractivity contribution >= 4 is 29.4 Å². The molecular formula is C14H15N5O3. The minimum absolute atomic E-state index is 0.00618. The SMILES string of the molecule is CC(C)Nc1nc(Nc2ccc(C=O)cc2)ncc1[N+](=O)[O-]. The van der Waals surface area contributed by atoms with Crippen LogP contribution in [0, 0.1) is 10.1 Å². The summed E-state index contributed by atoms with van der Waals surface area (Å²) in [4.78, 5) is 29.1. The first kappa shape index (κ1) is 15.4. The first-order chi connectivity index (χ1) is 10.5. The van der Waals surface area contributed by atoms with E-state index in [4.69, 9.17) is 0 Å². The molecule has 0 aliphatic rings. The minimum Gasteiger partial charge on any atom is -0.362 e. The van der Waals surface area contributed by atoms with Crippen LogP contribution in [0.15, 0.2) is 30.5 Å². The summed E-state index contributed by atoms with van der Waals surface area (Å²) in [7, 11) is 0. The van der Waals surface area contributed by atoms with Crippen LogP contribution < -0.4 is 10.6 Å². The second kappa shape index (κ2) is 6.61. The van der Waals surface area contributed by atoms with Gasteiger partial charge in [-0.2, -0.15) is 4.98 Å². The highest BCUT2D eigenvalue weighted by molar-refractivity contribution is 5.76. The average Bonchev–Trinajstić information content (AvgIpc) is 2.47. The lowest BCUT2D eigenvalue weighted by molar-refractivity contribution is -0.384. The summed E-state index contributed by atoms with van der Waals surface area (Å²) in [6, 6.07) is 6.68. The summed E-state index contributed by atoms with van der Waals surface area (Å²) in [6.45, 7) is 3.72. The van der Waals surface area contributed by atoms with Gasteiger partial charge in [-0.3, -0.25) is 14.9 Å². The lowest BCUT2D eigenvalue weighted by atomic mass is 10.2. The van der Waals surface area contributed by atoms with E-state index in [1.165, 1.54) is 0 Å². The highest BCUT2D eigenvalue weighted by Gasteiger charge is 2.17. The topological polar surface area (TPSA) is 110 Å². The number of hydrogen-bond acceptors (Lipinski definition) is 7. The van der Waals surface area contributed by atoms with Crippen LogP contribution in [-0.2, 0) is 0 Å². The first-order valence-corrected chi connectivity index (χ1v) is 6.60. The Balaban J connectivity index is 2.26. The van der Waals surface area contributed by atoms with Gasteiger partial charge in [-0.1, -0.05) is 0 Å². The molecule has 0 spiro atoms. The van der Waals surface area contributed by atoms with Gasteiger partial charge in [0.1, 0.15) is 12.5 Å². The molecule has 1 aromatic heterocycles. The summed E-state index contributed by atoms with van der Waals surface area (Å²) in [5.74, 6) is 0.384. The molecular weight excluding hydrogens is 286 g/mol. The lowest BCUT2D eigenvalue weighted by Crippen LogP contribution is -2.14. The maximum atomic E-state index is 11.0. The Bertz CT molecular complexity index is 685. The van der Waals surface area contributed by atoms with Gasteiger partial charge in [0, 0.05) is 17.3 Å². The molecule has 0 unspecified atom stereocenters. The summed E-state index contributed by atoms with van der Waals surface area (Å²) in [5.41, 5.74) is 1.04. The zero-order chi connectivity index (χ0) is 16.1. The number of carbonyl (C=O) groups excluding carboxylic acids is 1. The van der Waals surface area contributed by atoms with Crippen LogP contribution in [0.5, 0.6) is 0 Å². The number of carbonyl (C=O) groups is 1. The van der Waals surface area contributed by atoms with Crippen molar-refractivity contribution in [2.24, 2.45) is 0 Å². The van der Waals surface area contributed by atoms with E-state index < -0.39 is 4.92 Å². The Hall–Kier alpha value is -3.03. The number of benzene rings is 1. The summed E-state index contributed by atoms with van der Waals surface area (Å²) in [5, 5.41) is 16.8. The van der Waals surface area contributed by atoms with E-state index in [9.17, 15) is 14.9 Å². The second-order valence-corrected chi connectivity index (χ2v) is 4.85. The second-order valence-electron chi connectivity index (χ2n) is 4.85. The Morgan fingerprint density at radius 2 is 1.95 bits per heavy atom. The number of hydrogen-bond donors (Lipinski definition) is 2. The molecule has 8 heteroatoms. The third-order valence-electron chi connectivity index (χ3n) is 2.69. The molecule has 0 fully saturated rings. The predicted molar refractivity (Wildman–Crippen MR) is 82.6 cm³/mol. The molecule has 0 amide bonds. The highest BCUT2D eigenvalue weighted by atomic mass is 16.6. The molecule has 8 nitrogen and oxygen atoms in total. The maximum Gasteiger partial charge on any atom is 0.329 e. The molecule has 22 heavy (non-hydrogen) atoms. The van der Waals surface area contributed by atoms with Crippen LogP contribution in [0.4, 0.5) is 23.1 Å². The molecule has 0 saturated heterocycles. The fraction of sp³-hybridized carbons (Fsp3) is 0.214. The normalized spacial score (nSPS) is 10.3. The van der Waals surface area contributed by atoms with Crippen LogP contribution in [-0.4, -0.2) is 27.2 Å². The van der Waals surface area contributed by atoms with Gasteiger partial charge in [0.15, 0.2) is 0 Å². The maximum absolute atomic E-state index is 11.0. The van der Waals surface area contributed by atoms with Crippen LogP contribution in [0.1, 0.15) is 24.2 Å². The Morgan fingerprint density at radius 3 is 2.50 bits per heavy atom. The summed E-state index contributed by atoms with van der Waals surface area (Å²) in [6.07, 6.45) is 1.90. The smallest absolute Gasteiger partial charge is 0.329 e. The largest absolute Gasteiger partial charge is 0.362 e. The standard InChI is InChI=1S/C14H15N5O3/c1-9(2)16-13-12(19(21)22)7-15-14(18-13)17-11-5-3-10(8-20)4-6-11/h3-9H,1-2H3,(H2,15,16,17,18). The average molecular weight is 301 g/mol. The Morgan fingerprint density at radius 1 is 1.27 bits per heavy atom. The van der Waals surface area contributed by atoms with E-state index in [0.29, 0.717) is 11.3 Å². The third-order valence-corrected chi connectivity index (χ3v) is 2.69. The number of nitrogens with one attached hydrogen (secondary N) is 2. The van der Waals surface area contributed by atoms with Gasteiger partial charge in [-0.25, -0.2) is 4.98 Å². The zero-order valence-electron chi connectivity index (χ0n) is 12.1. The van der Waals surface area contributed by atoms with Gasteiger partial charge in [0.05, 0.1) is 4.92 Å². The third kappa shape index (κ3) is 3.75. The van der Waals surface area contributed by atoms with Gasteiger partial charge < -0.3 is 10.6 Å². The van der Waals surface area contributed by atoms with E-state index in [0.717, 1.165) is 12.5 Å². The van der Waals surface area contributed by atoms with Crippen molar-refractivity contribution in [3.8, 4) is 0 Å². The molecule has 0 radical (unpaired) electrons. The highest BCUT2D eigenvalue weighted by Crippen LogP contribution is 2.24. The quantitative estimate of drug-likeness (QED) is 0.479. The number of rotatable bonds is 6. The van der Waals surface area contributed by atoms with Crippen LogP contribution >= 0.6 is 0 Å². The Kier molecular flexibility index (Phi) is 4.62. The van der Waals surface area contributed by atoms with Crippen molar-refractivity contribution in [2.75, 3.05) is 10.6 Å². The number of aromatic nitrogens is 2. The predicted octanol–water partition coefficient (Wildman–Crippen LogP) is 2.76. The number of nitro groups is 1. The minimum atomic E-state index is -0.534. The number of anilines is 3. The van der Waals surface area contributed by atoms with Crippen molar-refractivity contribution in [1.82, 2.24) is 9.97 Å². The van der Waals surface area contributed by atoms with Gasteiger partial charge in [-0.05, 0) is 38.1 Å². The van der Waals surface area contributed by atoms with E-state index >= 15 is 0 Å². The van der Waals surface area contributed by atoms with Crippen LogP contribution in [0.25, 0.3) is 0 Å². The van der Waals surface area contributed by atoms with Gasteiger partial charge in [0.2, 0.25) is 11.8 Å². The van der Waals surface area contributed by atoms with Crippen LogP contribution in [0.2, 0.25) is 0 Å². The van der Waals surface area contributed by atoms with E-state index in [1.54, 1.807) is 24.3 Å². The molecule has 0 atom stereocenters. The molecule has 0 bridgehead atoms. The zero-order valence-corrected chi connectivity index (χ0v) is 12.1. The number of nitrogens with zero attached hydrogens (tertiary/aromatic N) is 3. The molecule has 2 aromatic rings. The van der Waals surface area contributed by atoms with Crippen LogP contribution in [0.3, 0.4) is 0 Å². The molecule has 0 saturated carbocycles. The molecule has 0 aliphatic carbocycles. The van der Waals surface area contributed by atoms with Crippen molar-refractivity contribution in [3.63, 3.8) is 0 Å². The fourth-order valence-electron chi connectivity index (χ4n) is 1.72. The van der Waals surface area contributed by atoms with E-state index in [2.05, 4.69) is 20.6 Å². The van der Waals surface area contributed by atoms with Crippen molar-refractivity contribution in [3.05, 3.63) is 46.1 Å². The summed E-state index contributed by atoms with van der Waals surface area (Å²) < 4.78 is 0. The molecule has 0 aliphatic heterocycles. The molecule has 2 rings (SSSR count). The Labute approximate surface area is 126 Å². The van der Waals surface area contributed by atoms with Gasteiger partial charge >= 0.3 is 5.69 Å². The van der Waals surface area contributed by atoms with Crippen molar-refractivity contribution in [1.29, 1.82) is 0 Å². The molecule has 2 N–H and O–H groups in total. The number of aldehydes is 1. The first-order valence-electron chi connectivity index (χ1n) is 6.60. The molecule has 114 valence electrons. The fourth-order valence-corrected chi connectivity index (χ4v) is 1.72.